The molecule has 2 aromatic rings. The summed E-state index contributed by atoms with van der Waals surface area (Å²) in [5.41, 5.74) is 5.13. The molecular formula is C14H17Cl2N3. The maximum Gasteiger partial charge on any atom is 0.0889 e. The maximum absolute atomic E-state index is 4.42. The fourth-order valence-electron chi connectivity index (χ4n) is 3.52. The summed E-state index contributed by atoms with van der Waals surface area (Å²) in [6, 6.07) is 4.53. The molecule has 2 unspecified atom stereocenters. The molecule has 1 saturated heterocycles. The SMILES string of the molecule is CN1CC2CC(C1)c1cc3nccnc3cc12.Cl.Cl. The van der Waals surface area contributed by atoms with Crippen molar-refractivity contribution in [1.82, 2.24) is 14.9 Å². The average molecular weight is 298 g/mol. The Labute approximate surface area is 125 Å². The van der Waals surface area contributed by atoms with Gasteiger partial charge in [0, 0.05) is 25.5 Å². The molecule has 0 radical (unpaired) electrons. The van der Waals surface area contributed by atoms with E-state index in [2.05, 4.69) is 34.0 Å². The number of hydrogen-bond donors (Lipinski definition) is 0. The summed E-state index contributed by atoms with van der Waals surface area (Å²) in [5.74, 6) is 1.42. The molecule has 2 aliphatic rings. The van der Waals surface area contributed by atoms with Crippen LogP contribution in [0.25, 0.3) is 11.0 Å². The Hall–Kier alpha value is -0.900. The van der Waals surface area contributed by atoms with Crippen molar-refractivity contribution in [2.24, 2.45) is 0 Å². The standard InChI is InChI=1S/C14H15N3.2ClH/c1-17-7-9-4-10(8-17)12-6-14-13(5-11(9)12)15-2-3-16-14;;/h2-3,5-6,9-10H,4,7-8H2,1H3;2*1H. The van der Waals surface area contributed by atoms with Gasteiger partial charge in [0.05, 0.1) is 11.0 Å². The van der Waals surface area contributed by atoms with Gasteiger partial charge in [-0.1, -0.05) is 0 Å². The van der Waals surface area contributed by atoms with Gasteiger partial charge in [0.25, 0.3) is 0 Å². The van der Waals surface area contributed by atoms with Crippen molar-refractivity contribution >= 4 is 35.8 Å². The molecule has 0 N–H and O–H groups in total. The number of likely N-dealkylation sites (tertiary alicyclic amines) is 1. The third-order valence-corrected chi connectivity index (χ3v) is 4.19. The molecule has 3 nitrogen and oxygen atoms in total. The number of hydrogen-bond acceptors (Lipinski definition) is 3. The van der Waals surface area contributed by atoms with Gasteiger partial charge >= 0.3 is 0 Å². The summed E-state index contributed by atoms with van der Waals surface area (Å²) in [5, 5.41) is 0. The third kappa shape index (κ3) is 2.20. The average Bonchev–Trinajstić information content (AvgIpc) is 2.59. The fraction of sp³-hybridized carbons (Fsp3) is 0.429. The van der Waals surface area contributed by atoms with Gasteiger partial charge in [-0.05, 0) is 48.6 Å². The predicted molar refractivity (Wildman–Crippen MR) is 81.6 cm³/mol. The van der Waals surface area contributed by atoms with Crippen LogP contribution in [0, 0.1) is 0 Å². The zero-order chi connectivity index (χ0) is 11.4. The predicted octanol–water partition coefficient (Wildman–Crippen LogP) is 2.99. The molecule has 1 aromatic heterocycles. The van der Waals surface area contributed by atoms with Crippen molar-refractivity contribution in [1.29, 1.82) is 0 Å². The van der Waals surface area contributed by atoms with Crippen molar-refractivity contribution in [2.75, 3.05) is 20.1 Å². The van der Waals surface area contributed by atoms with E-state index in [4.69, 9.17) is 0 Å². The molecule has 2 bridgehead atoms. The van der Waals surface area contributed by atoms with Crippen LogP contribution in [0.2, 0.25) is 0 Å². The van der Waals surface area contributed by atoms with Gasteiger partial charge in [-0.15, -0.1) is 24.8 Å². The molecule has 0 amide bonds. The van der Waals surface area contributed by atoms with Crippen molar-refractivity contribution in [2.45, 2.75) is 18.3 Å². The lowest BCUT2D eigenvalue weighted by Gasteiger charge is -2.28. The van der Waals surface area contributed by atoms with Gasteiger partial charge in [-0.3, -0.25) is 9.97 Å². The molecule has 1 aliphatic heterocycles. The van der Waals surface area contributed by atoms with Crippen LogP contribution in [0.5, 0.6) is 0 Å². The fourth-order valence-corrected chi connectivity index (χ4v) is 3.52. The molecule has 5 heteroatoms. The molecule has 2 atom stereocenters. The summed E-state index contributed by atoms with van der Waals surface area (Å²) in [6.45, 7) is 2.38. The van der Waals surface area contributed by atoms with Crippen LogP contribution in [0.4, 0.5) is 0 Å². The summed E-state index contributed by atoms with van der Waals surface area (Å²) >= 11 is 0. The number of nitrogens with zero attached hydrogens (tertiary/aromatic N) is 3. The largest absolute Gasteiger partial charge is 0.305 e. The number of halogens is 2. The number of piperidine rings is 1. The Bertz CT molecular complexity index is 552. The molecule has 0 saturated carbocycles. The lowest BCUT2D eigenvalue weighted by atomic mass is 9.96. The number of aromatic nitrogens is 2. The zero-order valence-corrected chi connectivity index (χ0v) is 12.4. The Morgan fingerprint density at radius 2 is 1.42 bits per heavy atom. The Kier molecular flexibility index (Phi) is 4.00. The first-order chi connectivity index (χ1) is 8.31. The molecule has 1 aromatic carbocycles. The first kappa shape index (κ1) is 14.5. The van der Waals surface area contributed by atoms with Crippen molar-refractivity contribution in [3.05, 3.63) is 35.7 Å². The molecule has 1 aliphatic carbocycles. The second kappa shape index (κ2) is 5.23. The third-order valence-electron chi connectivity index (χ3n) is 4.19. The minimum Gasteiger partial charge on any atom is -0.305 e. The van der Waals surface area contributed by atoms with E-state index < -0.39 is 0 Å². The van der Waals surface area contributed by atoms with Gasteiger partial charge in [0.2, 0.25) is 0 Å². The molecule has 4 rings (SSSR count). The summed E-state index contributed by atoms with van der Waals surface area (Å²) in [6.07, 6.45) is 4.87. The molecule has 1 fully saturated rings. The minimum atomic E-state index is 0. The van der Waals surface area contributed by atoms with Crippen LogP contribution in [0.15, 0.2) is 24.5 Å². The molecule has 2 heterocycles. The summed E-state index contributed by atoms with van der Waals surface area (Å²) in [7, 11) is 2.22. The highest BCUT2D eigenvalue weighted by atomic mass is 35.5. The summed E-state index contributed by atoms with van der Waals surface area (Å²) in [4.78, 5) is 11.3. The number of rotatable bonds is 0. The summed E-state index contributed by atoms with van der Waals surface area (Å²) < 4.78 is 0. The van der Waals surface area contributed by atoms with Crippen LogP contribution >= 0.6 is 24.8 Å². The van der Waals surface area contributed by atoms with E-state index in [9.17, 15) is 0 Å². The molecular weight excluding hydrogens is 281 g/mol. The number of likely N-dealkylation sites (N-methyl/N-ethyl adjacent to an activating group) is 1. The highest BCUT2D eigenvalue weighted by Gasteiger charge is 2.36. The number of benzene rings is 1. The van der Waals surface area contributed by atoms with Crippen LogP contribution in [0.3, 0.4) is 0 Å². The van der Waals surface area contributed by atoms with Gasteiger partial charge in [-0.2, -0.15) is 0 Å². The first-order valence-electron chi connectivity index (χ1n) is 6.24. The highest BCUT2D eigenvalue weighted by molar-refractivity contribution is 5.85. The quantitative estimate of drug-likeness (QED) is 0.748. The van der Waals surface area contributed by atoms with Crippen LogP contribution in [-0.4, -0.2) is 35.0 Å². The van der Waals surface area contributed by atoms with E-state index in [-0.39, 0.29) is 24.8 Å². The monoisotopic (exact) mass is 297 g/mol. The maximum atomic E-state index is 4.42. The Balaban J connectivity index is 0.000000667. The van der Waals surface area contributed by atoms with Crippen molar-refractivity contribution in [3.63, 3.8) is 0 Å². The van der Waals surface area contributed by atoms with E-state index in [1.54, 1.807) is 12.4 Å². The molecule has 102 valence electrons. The normalized spacial score (nSPS) is 24.5. The smallest absolute Gasteiger partial charge is 0.0889 e. The van der Waals surface area contributed by atoms with Gasteiger partial charge < -0.3 is 4.90 Å². The van der Waals surface area contributed by atoms with Crippen LogP contribution < -0.4 is 0 Å². The van der Waals surface area contributed by atoms with E-state index >= 15 is 0 Å². The highest BCUT2D eigenvalue weighted by Crippen LogP contribution is 2.46. The lowest BCUT2D eigenvalue weighted by Crippen LogP contribution is -2.31. The van der Waals surface area contributed by atoms with E-state index in [0.29, 0.717) is 11.8 Å². The van der Waals surface area contributed by atoms with E-state index in [1.807, 2.05) is 0 Å². The Morgan fingerprint density at radius 1 is 0.947 bits per heavy atom. The lowest BCUT2D eigenvalue weighted by molar-refractivity contribution is 0.245. The number of fused-ring (bicyclic) bond motifs is 6. The van der Waals surface area contributed by atoms with Crippen LogP contribution in [-0.2, 0) is 0 Å². The molecule has 0 spiro atoms. The second-order valence-electron chi connectivity index (χ2n) is 5.38. The van der Waals surface area contributed by atoms with Crippen molar-refractivity contribution < 1.29 is 0 Å². The topological polar surface area (TPSA) is 29.0 Å². The van der Waals surface area contributed by atoms with E-state index in [0.717, 1.165) is 11.0 Å². The van der Waals surface area contributed by atoms with Gasteiger partial charge in [-0.25, -0.2) is 0 Å². The zero-order valence-electron chi connectivity index (χ0n) is 10.7. The molecule has 19 heavy (non-hydrogen) atoms. The minimum absolute atomic E-state index is 0. The van der Waals surface area contributed by atoms with Crippen LogP contribution in [0.1, 0.15) is 29.4 Å². The second-order valence-corrected chi connectivity index (χ2v) is 5.38. The van der Waals surface area contributed by atoms with Gasteiger partial charge in [0.1, 0.15) is 0 Å². The van der Waals surface area contributed by atoms with Crippen molar-refractivity contribution in [3.8, 4) is 0 Å². The van der Waals surface area contributed by atoms with Gasteiger partial charge in [0.15, 0.2) is 0 Å². The Morgan fingerprint density at radius 3 is 1.89 bits per heavy atom. The van der Waals surface area contributed by atoms with E-state index in [1.165, 1.54) is 30.6 Å². The first-order valence-corrected chi connectivity index (χ1v) is 6.24.